The largest absolute Gasteiger partial charge is 0.549 e. The third kappa shape index (κ3) is 24.5. The molecule has 2 atom stereocenters. The Morgan fingerprint density at radius 2 is 2.06 bits per heavy atom. The monoisotopic (exact) mass is 286 g/mol. The molecule has 0 saturated heterocycles. The second kappa shape index (κ2) is 11.3. The lowest BCUT2D eigenvalue weighted by Crippen LogP contribution is -2.24. The van der Waals surface area contributed by atoms with Crippen molar-refractivity contribution in [3.8, 4) is 12.3 Å². The highest BCUT2D eigenvalue weighted by molar-refractivity contribution is 7.46. The van der Waals surface area contributed by atoms with Gasteiger partial charge in [-0.05, 0) is 6.92 Å². The van der Waals surface area contributed by atoms with E-state index in [9.17, 15) is 13.5 Å². The van der Waals surface area contributed by atoms with Crippen molar-refractivity contribution in [2.24, 2.45) is 0 Å². The van der Waals surface area contributed by atoms with Crippen molar-refractivity contribution in [3.05, 3.63) is 12.7 Å². The van der Waals surface area contributed by atoms with Crippen molar-refractivity contribution in [2.75, 3.05) is 19.8 Å². The molecule has 0 aliphatic heterocycles. The summed E-state index contributed by atoms with van der Waals surface area (Å²) in [6.45, 7) is 6.10. The third-order valence-electron chi connectivity index (χ3n) is 1.32. The molecule has 0 radical (unpaired) electrons. The molecule has 0 bridgehead atoms. The molecule has 5 nitrogen and oxygen atoms in total. The quantitative estimate of drug-likeness (QED) is 0.322. The summed E-state index contributed by atoms with van der Waals surface area (Å²) < 4.78 is 38.8. The molecule has 0 aliphatic rings. The fraction of sp³-hybridized carbons (Fsp3) is 0.600. The molecule has 0 aromatic heterocycles. The fourth-order valence-corrected chi connectivity index (χ4v) is 0.639. The van der Waals surface area contributed by atoms with Crippen LogP contribution in [0, 0.1) is 12.3 Å². The average molecular weight is 286 g/mol. The van der Waals surface area contributed by atoms with Crippen molar-refractivity contribution in [1.29, 1.82) is 0 Å². The van der Waals surface area contributed by atoms with E-state index in [0.717, 1.165) is 0 Å². The minimum atomic E-state index is -5.64. The molecule has 0 rings (SSSR count). The van der Waals surface area contributed by atoms with Crippen LogP contribution in [0.2, 0.25) is 0 Å². The normalized spacial score (nSPS) is 13.8. The van der Waals surface area contributed by atoms with Crippen LogP contribution in [0.3, 0.4) is 0 Å². The zero-order chi connectivity index (χ0) is 14.6. The summed E-state index contributed by atoms with van der Waals surface area (Å²) in [5.74, 6) is 2.40. The van der Waals surface area contributed by atoms with Gasteiger partial charge in [-0.1, -0.05) is 12.0 Å². The standard InChI is InChI=1S/C10H16O3.F2HO2P/c1-4-6-12-7-10(11)8-13-9(3)5-2;1-5(2,3)4/h2,4,9-11H,1,6-8H2,3H3;(H,3,4). The zero-order valence-corrected chi connectivity index (χ0v) is 10.9. The third-order valence-corrected chi connectivity index (χ3v) is 1.32. The lowest BCUT2D eigenvalue weighted by molar-refractivity contribution is -0.0227. The van der Waals surface area contributed by atoms with E-state index in [1.807, 2.05) is 0 Å². The van der Waals surface area contributed by atoms with Gasteiger partial charge in [-0.15, -0.1) is 21.4 Å². The molecule has 0 aromatic rings. The first-order valence-corrected chi connectivity index (χ1v) is 6.31. The van der Waals surface area contributed by atoms with Gasteiger partial charge in [0.25, 0.3) is 0 Å². The van der Waals surface area contributed by atoms with Gasteiger partial charge in [0.05, 0.1) is 19.8 Å². The maximum absolute atomic E-state index is 10.1. The Hall–Kier alpha value is -0.770. The van der Waals surface area contributed by atoms with Crippen LogP contribution in [0.1, 0.15) is 6.92 Å². The molecule has 0 aliphatic carbocycles. The van der Waals surface area contributed by atoms with Crippen LogP contribution in [0.25, 0.3) is 0 Å². The maximum atomic E-state index is 10.1. The molecule has 106 valence electrons. The molecule has 18 heavy (non-hydrogen) atoms. The smallest absolute Gasteiger partial charge is 0.388 e. The second-order valence-corrected chi connectivity index (χ2v) is 3.93. The summed E-state index contributed by atoms with van der Waals surface area (Å²) >= 11 is 0. The van der Waals surface area contributed by atoms with E-state index in [0.29, 0.717) is 6.61 Å². The lowest BCUT2D eigenvalue weighted by Gasteiger charge is -2.12. The number of rotatable bonds is 7. The highest BCUT2D eigenvalue weighted by Crippen LogP contribution is 2.43. The second-order valence-electron chi connectivity index (χ2n) is 3.06. The number of terminal acetylenes is 1. The molecule has 0 spiro atoms. The molecule has 2 unspecified atom stereocenters. The van der Waals surface area contributed by atoms with E-state index >= 15 is 0 Å². The van der Waals surface area contributed by atoms with Crippen LogP contribution >= 0.6 is 7.99 Å². The van der Waals surface area contributed by atoms with Crippen LogP contribution in [0.4, 0.5) is 8.39 Å². The first-order valence-electron chi connectivity index (χ1n) is 4.87. The van der Waals surface area contributed by atoms with E-state index in [1.165, 1.54) is 0 Å². The van der Waals surface area contributed by atoms with Gasteiger partial charge in [0.2, 0.25) is 0 Å². The van der Waals surface area contributed by atoms with Crippen LogP contribution in [0.15, 0.2) is 12.7 Å². The first-order chi connectivity index (χ1) is 8.20. The average Bonchev–Trinajstić information content (AvgIpc) is 2.24. The summed E-state index contributed by atoms with van der Waals surface area (Å²) in [7, 11) is -5.64. The molecular formula is C10H17F2O5P. The molecule has 8 heteroatoms. The molecule has 0 fully saturated rings. The minimum Gasteiger partial charge on any atom is -0.388 e. The summed E-state index contributed by atoms with van der Waals surface area (Å²) in [5.41, 5.74) is 0. The number of aliphatic hydroxyl groups is 1. The zero-order valence-electron chi connectivity index (χ0n) is 9.96. The van der Waals surface area contributed by atoms with Gasteiger partial charge in [-0.3, -0.25) is 4.89 Å². The first kappa shape index (κ1) is 19.6. The molecule has 0 aromatic carbocycles. The van der Waals surface area contributed by atoms with E-state index in [1.54, 1.807) is 13.0 Å². The summed E-state index contributed by atoms with van der Waals surface area (Å²) in [4.78, 5) is 6.74. The highest BCUT2D eigenvalue weighted by Gasteiger charge is 2.09. The van der Waals surface area contributed by atoms with Crippen LogP contribution in [-0.4, -0.2) is 42.0 Å². The van der Waals surface area contributed by atoms with Crippen LogP contribution < -0.4 is 0 Å². The molecule has 2 N–H and O–H groups in total. The van der Waals surface area contributed by atoms with Crippen molar-refractivity contribution in [1.82, 2.24) is 0 Å². The van der Waals surface area contributed by atoms with Crippen molar-refractivity contribution < 1.29 is 32.4 Å². The molecule has 0 amide bonds. The van der Waals surface area contributed by atoms with Crippen LogP contribution in [-0.2, 0) is 14.0 Å². The number of hydrogen-bond donors (Lipinski definition) is 2. The van der Waals surface area contributed by atoms with Gasteiger partial charge in [0.1, 0.15) is 12.2 Å². The summed E-state index contributed by atoms with van der Waals surface area (Å²) in [5, 5.41) is 9.27. The predicted octanol–water partition coefficient (Wildman–Crippen LogP) is 1.61. The SMILES string of the molecule is C#CC(C)OCC(O)COCC=C.O=P(O)(F)F. The van der Waals surface area contributed by atoms with Crippen molar-refractivity contribution in [2.45, 2.75) is 19.1 Å². The Balaban J connectivity index is 0. The Morgan fingerprint density at radius 3 is 2.44 bits per heavy atom. The summed E-state index contributed by atoms with van der Waals surface area (Å²) in [6, 6.07) is 0. The van der Waals surface area contributed by atoms with Gasteiger partial charge in [-0.2, -0.15) is 0 Å². The molecule has 0 heterocycles. The molecular weight excluding hydrogens is 269 g/mol. The van der Waals surface area contributed by atoms with Gasteiger partial charge < -0.3 is 14.6 Å². The number of ether oxygens (including phenoxy) is 2. The van der Waals surface area contributed by atoms with Crippen LogP contribution in [0.5, 0.6) is 0 Å². The number of aliphatic hydroxyl groups excluding tert-OH is 1. The van der Waals surface area contributed by atoms with Gasteiger partial charge in [0.15, 0.2) is 0 Å². The van der Waals surface area contributed by atoms with E-state index in [4.69, 9.17) is 25.4 Å². The Kier molecular flexibility index (Phi) is 12.3. The Bertz CT molecular complexity index is 291. The maximum Gasteiger partial charge on any atom is 0.549 e. The summed E-state index contributed by atoms with van der Waals surface area (Å²) in [6.07, 6.45) is 5.80. The van der Waals surface area contributed by atoms with E-state index < -0.39 is 14.1 Å². The Morgan fingerprint density at radius 1 is 1.56 bits per heavy atom. The van der Waals surface area contributed by atoms with Gasteiger partial charge in [0, 0.05) is 0 Å². The van der Waals surface area contributed by atoms with Gasteiger partial charge >= 0.3 is 7.99 Å². The fourth-order valence-electron chi connectivity index (χ4n) is 0.639. The van der Waals surface area contributed by atoms with Crippen molar-refractivity contribution >= 4 is 7.99 Å². The van der Waals surface area contributed by atoms with E-state index in [-0.39, 0.29) is 19.3 Å². The minimum absolute atomic E-state index is 0.197. The van der Waals surface area contributed by atoms with Crippen molar-refractivity contribution in [3.63, 3.8) is 0 Å². The number of hydrogen-bond acceptors (Lipinski definition) is 4. The highest BCUT2D eigenvalue weighted by atomic mass is 31.2. The molecule has 0 saturated carbocycles. The van der Waals surface area contributed by atoms with E-state index in [2.05, 4.69) is 12.5 Å². The Labute approximate surface area is 105 Å². The van der Waals surface area contributed by atoms with Gasteiger partial charge in [-0.25, -0.2) is 4.57 Å². The predicted molar refractivity (Wildman–Crippen MR) is 63.3 cm³/mol. The number of halogens is 2. The topological polar surface area (TPSA) is 76.0 Å². The lowest BCUT2D eigenvalue weighted by atomic mass is 10.4.